The molecule has 0 saturated heterocycles. The number of fused-ring (bicyclic) bond motifs is 3. The second-order valence-electron chi connectivity index (χ2n) is 5.55. The number of aromatic nitrogens is 1. The minimum atomic E-state index is -3.63. The molecule has 7 nitrogen and oxygen atoms in total. The average molecular weight is 359 g/mol. The molecule has 1 aliphatic rings. The zero-order valence-electron chi connectivity index (χ0n) is 12.4. The number of rotatable bonds is 4. The van der Waals surface area contributed by atoms with E-state index < -0.39 is 33.3 Å². The van der Waals surface area contributed by atoms with Crippen LogP contribution in [0.15, 0.2) is 16.9 Å². The number of H-pyrrole nitrogens is 1. The van der Waals surface area contributed by atoms with Crippen LogP contribution >= 0.6 is 0 Å². The summed E-state index contributed by atoms with van der Waals surface area (Å²) in [6, 6.07) is 1.33. The lowest BCUT2D eigenvalue weighted by atomic mass is 9.96. The van der Waals surface area contributed by atoms with Crippen LogP contribution in [-0.2, 0) is 21.4 Å². The molecule has 3 rings (SSSR count). The van der Waals surface area contributed by atoms with Crippen molar-refractivity contribution in [2.45, 2.75) is 12.6 Å². The van der Waals surface area contributed by atoms with E-state index in [9.17, 15) is 22.0 Å². The van der Waals surface area contributed by atoms with Gasteiger partial charge in [0.05, 0.1) is 30.4 Å². The summed E-state index contributed by atoms with van der Waals surface area (Å²) < 4.78 is 54.5. The third kappa shape index (κ3) is 3.31. The standard InChI is InChI=1S/C14H15F2N3O4S/c15-9-3-7-8(4-10(9)16)14(20)19-12-6-23-5-11(13(7)12)18-1-2-24(17,21)22/h3-4,11,18H,1-2,5-6H2,(H,19,20)(H2,17,21,22). The number of nitrogens with two attached hydrogens (primary N) is 1. The Balaban J connectivity index is 2.06. The van der Waals surface area contributed by atoms with E-state index in [1.165, 1.54) is 0 Å². The van der Waals surface area contributed by atoms with Crippen LogP contribution in [0.1, 0.15) is 17.3 Å². The van der Waals surface area contributed by atoms with Gasteiger partial charge in [-0.15, -0.1) is 0 Å². The largest absolute Gasteiger partial charge is 0.373 e. The molecule has 1 aromatic carbocycles. The summed E-state index contributed by atoms with van der Waals surface area (Å²) in [5, 5.41) is 8.20. The molecule has 0 aliphatic carbocycles. The van der Waals surface area contributed by atoms with Crippen LogP contribution in [0.2, 0.25) is 0 Å². The smallest absolute Gasteiger partial charge is 0.256 e. The number of halogens is 2. The number of sulfonamides is 1. The Morgan fingerprint density at radius 2 is 1.96 bits per heavy atom. The van der Waals surface area contributed by atoms with E-state index in [1.807, 2.05) is 0 Å². The molecule has 2 heterocycles. The fourth-order valence-corrected chi connectivity index (χ4v) is 3.20. The number of aromatic amines is 1. The Morgan fingerprint density at radius 1 is 1.29 bits per heavy atom. The molecular weight excluding hydrogens is 344 g/mol. The van der Waals surface area contributed by atoms with Crippen LogP contribution in [0, 0.1) is 11.6 Å². The first kappa shape index (κ1) is 17.0. The van der Waals surface area contributed by atoms with E-state index in [1.54, 1.807) is 0 Å². The van der Waals surface area contributed by atoms with Crippen molar-refractivity contribution >= 4 is 20.8 Å². The lowest BCUT2D eigenvalue weighted by molar-refractivity contribution is 0.0803. The maximum Gasteiger partial charge on any atom is 0.256 e. The predicted octanol–water partition coefficient (Wildman–Crippen LogP) is 0.256. The van der Waals surface area contributed by atoms with Gasteiger partial charge in [-0.05, 0) is 17.5 Å². The number of primary sulfonamides is 1. The lowest BCUT2D eigenvalue weighted by Gasteiger charge is -2.27. The molecule has 4 N–H and O–H groups in total. The van der Waals surface area contributed by atoms with E-state index in [0.29, 0.717) is 11.3 Å². The molecule has 0 fully saturated rings. The van der Waals surface area contributed by atoms with Crippen LogP contribution in [0.4, 0.5) is 8.78 Å². The van der Waals surface area contributed by atoms with Gasteiger partial charge in [0.2, 0.25) is 10.0 Å². The molecule has 0 saturated carbocycles. The van der Waals surface area contributed by atoms with E-state index in [-0.39, 0.29) is 36.3 Å². The fraction of sp³-hybridized carbons (Fsp3) is 0.357. The van der Waals surface area contributed by atoms with Crippen LogP contribution in [-0.4, -0.2) is 32.3 Å². The summed E-state index contributed by atoms with van der Waals surface area (Å²) in [5.74, 6) is -2.47. The van der Waals surface area contributed by atoms with E-state index in [0.717, 1.165) is 12.1 Å². The van der Waals surface area contributed by atoms with Crippen molar-refractivity contribution in [2.75, 3.05) is 18.9 Å². The summed E-state index contributed by atoms with van der Waals surface area (Å²) in [6.07, 6.45) is 0. The zero-order valence-corrected chi connectivity index (χ0v) is 13.3. The van der Waals surface area contributed by atoms with Gasteiger partial charge in [0.1, 0.15) is 0 Å². The Bertz CT molecular complexity index is 959. The van der Waals surface area contributed by atoms with Crippen LogP contribution in [0.25, 0.3) is 10.8 Å². The topological polar surface area (TPSA) is 114 Å². The van der Waals surface area contributed by atoms with Gasteiger partial charge < -0.3 is 15.0 Å². The maximum absolute atomic E-state index is 13.7. The fourth-order valence-electron chi connectivity index (χ4n) is 2.80. The number of nitrogens with one attached hydrogen (secondary N) is 2. The summed E-state index contributed by atoms with van der Waals surface area (Å²) in [7, 11) is -3.63. The molecule has 10 heteroatoms. The highest BCUT2D eigenvalue weighted by Crippen LogP contribution is 2.30. The molecule has 24 heavy (non-hydrogen) atoms. The normalized spacial score (nSPS) is 17.9. The lowest BCUT2D eigenvalue weighted by Crippen LogP contribution is -2.35. The molecule has 2 aromatic rings. The second kappa shape index (κ2) is 6.20. The SMILES string of the molecule is NS(=O)(=O)CCNC1COCc2[nH]c(=O)c3cc(F)c(F)cc3c21. The summed E-state index contributed by atoms with van der Waals surface area (Å²) >= 11 is 0. The van der Waals surface area contributed by atoms with Crippen molar-refractivity contribution in [1.29, 1.82) is 0 Å². The van der Waals surface area contributed by atoms with Crippen molar-refractivity contribution in [2.24, 2.45) is 5.14 Å². The minimum absolute atomic E-state index is 0.0211. The molecule has 1 aromatic heterocycles. The van der Waals surface area contributed by atoms with Crippen LogP contribution in [0.3, 0.4) is 0 Å². The first-order valence-corrected chi connectivity index (χ1v) is 8.83. The molecule has 1 unspecified atom stereocenters. The maximum atomic E-state index is 13.7. The molecule has 0 radical (unpaired) electrons. The quantitative estimate of drug-likeness (QED) is 0.724. The predicted molar refractivity (Wildman–Crippen MR) is 82.9 cm³/mol. The van der Waals surface area contributed by atoms with Gasteiger partial charge in [0.25, 0.3) is 5.56 Å². The van der Waals surface area contributed by atoms with Gasteiger partial charge >= 0.3 is 0 Å². The van der Waals surface area contributed by atoms with Crippen molar-refractivity contribution < 1.29 is 21.9 Å². The monoisotopic (exact) mass is 359 g/mol. The number of pyridine rings is 1. The molecule has 0 amide bonds. The number of benzene rings is 1. The van der Waals surface area contributed by atoms with E-state index in [4.69, 9.17) is 9.88 Å². The van der Waals surface area contributed by atoms with Crippen molar-refractivity contribution in [3.8, 4) is 0 Å². The van der Waals surface area contributed by atoms with Gasteiger partial charge in [-0.1, -0.05) is 0 Å². The number of ether oxygens (including phenoxy) is 1. The zero-order chi connectivity index (χ0) is 17.5. The Morgan fingerprint density at radius 3 is 2.62 bits per heavy atom. The summed E-state index contributed by atoms with van der Waals surface area (Å²) in [4.78, 5) is 14.7. The molecule has 1 atom stereocenters. The van der Waals surface area contributed by atoms with Crippen LogP contribution < -0.4 is 16.0 Å². The Kier molecular flexibility index (Phi) is 4.38. The van der Waals surface area contributed by atoms with E-state index >= 15 is 0 Å². The average Bonchev–Trinajstić information content (AvgIpc) is 2.48. The van der Waals surface area contributed by atoms with Gasteiger partial charge in [-0.2, -0.15) is 0 Å². The summed E-state index contributed by atoms with van der Waals surface area (Å²) in [6.45, 7) is 0.362. The molecular formula is C14H15F2N3O4S. The first-order valence-electron chi connectivity index (χ1n) is 7.11. The molecule has 1 aliphatic heterocycles. The minimum Gasteiger partial charge on any atom is -0.373 e. The van der Waals surface area contributed by atoms with Crippen molar-refractivity contribution in [3.63, 3.8) is 0 Å². The molecule has 0 bridgehead atoms. The second-order valence-corrected chi connectivity index (χ2v) is 7.28. The highest BCUT2D eigenvalue weighted by Gasteiger charge is 2.25. The third-order valence-electron chi connectivity index (χ3n) is 3.84. The van der Waals surface area contributed by atoms with Gasteiger partial charge in [0.15, 0.2) is 11.6 Å². The Labute approximate surface area is 135 Å². The summed E-state index contributed by atoms with van der Waals surface area (Å²) in [5.41, 5.74) is 0.457. The Hall–Kier alpha value is -1.88. The first-order chi connectivity index (χ1) is 11.3. The third-order valence-corrected chi connectivity index (χ3v) is 4.61. The highest BCUT2D eigenvalue weighted by molar-refractivity contribution is 7.89. The van der Waals surface area contributed by atoms with Gasteiger partial charge in [0, 0.05) is 17.8 Å². The van der Waals surface area contributed by atoms with Crippen molar-refractivity contribution in [1.82, 2.24) is 10.3 Å². The number of hydrogen-bond acceptors (Lipinski definition) is 5. The number of hydrogen-bond donors (Lipinski definition) is 3. The van der Waals surface area contributed by atoms with Gasteiger partial charge in [-0.3, -0.25) is 4.79 Å². The van der Waals surface area contributed by atoms with Crippen LogP contribution in [0.5, 0.6) is 0 Å². The highest BCUT2D eigenvalue weighted by atomic mass is 32.2. The van der Waals surface area contributed by atoms with Gasteiger partial charge in [-0.25, -0.2) is 22.3 Å². The molecule has 0 spiro atoms. The van der Waals surface area contributed by atoms with E-state index in [2.05, 4.69) is 10.3 Å². The molecule has 130 valence electrons. The van der Waals surface area contributed by atoms with Crippen molar-refractivity contribution in [3.05, 3.63) is 45.4 Å².